The van der Waals surface area contributed by atoms with Crippen molar-refractivity contribution in [1.82, 2.24) is 0 Å². The van der Waals surface area contributed by atoms with Gasteiger partial charge in [0, 0.05) is 5.69 Å². The molecule has 0 aliphatic rings. The van der Waals surface area contributed by atoms with E-state index in [0.717, 1.165) is 0 Å². The Bertz CT molecular complexity index is 1290. The van der Waals surface area contributed by atoms with E-state index in [9.17, 15) is 91.5 Å². The van der Waals surface area contributed by atoms with Gasteiger partial charge in [0.05, 0.1) is 4.90 Å². The summed E-state index contributed by atoms with van der Waals surface area (Å²) in [4.78, 5) is -1.15. The largest absolute Gasteiger partial charge is 0.460 e. The molecule has 39 heavy (non-hydrogen) atoms. The number of benzene rings is 1. The van der Waals surface area contributed by atoms with Gasteiger partial charge in [0.1, 0.15) is 0 Å². The maximum atomic E-state index is 14.0. The second kappa shape index (κ2) is 9.10. The normalized spacial score (nSPS) is 15.8. The molecule has 0 unspecified atom stereocenters. The van der Waals surface area contributed by atoms with Crippen LogP contribution in [0.3, 0.4) is 0 Å². The zero-order chi connectivity index (χ0) is 31.7. The smallest absolute Gasteiger partial charge is 0.282 e. The molecule has 1 aromatic rings. The lowest BCUT2D eigenvalue weighted by Crippen LogP contribution is -2.75. The first kappa shape index (κ1) is 34.7. The lowest BCUT2D eigenvalue weighted by atomic mass is 9.91. The van der Waals surface area contributed by atoms with Crippen molar-refractivity contribution in [1.29, 1.82) is 0 Å². The monoisotopic (exact) mass is 655 g/mol. The van der Waals surface area contributed by atoms with Gasteiger partial charge >= 0.3 is 57.0 Å². The van der Waals surface area contributed by atoms with Crippen LogP contribution < -0.4 is 4.72 Å². The number of anilines is 1. The third-order valence-electron chi connectivity index (χ3n) is 4.44. The summed E-state index contributed by atoms with van der Waals surface area (Å²) in [5.41, 5.74) is -1.50. The second-order valence-electron chi connectivity index (χ2n) is 7.07. The van der Waals surface area contributed by atoms with Crippen molar-refractivity contribution in [3.8, 4) is 0 Å². The summed E-state index contributed by atoms with van der Waals surface area (Å²) in [5.74, 6) is -52.3. The van der Waals surface area contributed by atoms with Gasteiger partial charge in [-0.25, -0.2) is 0 Å². The minimum Gasteiger partial charge on any atom is -0.282 e. The SMILES string of the molecule is O=S(=O)(O)c1ccc(NS(=O)(=O)C(F)(F)C(F)(F)C(F)(F)C(F)(F)C(F)(F)C(F)(F)C(F)(F)C(F)(F)F)cc1. The van der Waals surface area contributed by atoms with Crippen LogP contribution in [0.2, 0.25) is 0 Å². The molecule has 228 valence electrons. The fraction of sp³-hybridized carbons (Fsp3) is 0.571. The molecule has 0 bridgehead atoms. The molecule has 0 radical (unpaired) electrons. The van der Waals surface area contributed by atoms with Crippen LogP contribution >= 0.6 is 0 Å². The molecule has 0 heterocycles. The molecule has 2 N–H and O–H groups in total. The van der Waals surface area contributed by atoms with Crippen molar-refractivity contribution < 1.29 is 96.0 Å². The first-order valence-electron chi connectivity index (χ1n) is 8.50. The standard InChI is InChI=1S/C14H6F17NO5S2/c15-7(16,9(19,20)11(23,24)13(27,28)29)8(17,18)10(21,22)12(25,26)14(30,31)39(36,37)32-5-1-3-6(4-2-5)38(33,34)35/h1-4,32H,(H,33,34,35). The Balaban J connectivity index is 3.66. The Morgan fingerprint density at radius 3 is 1.13 bits per heavy atom. The van der Waals surface area contributed by atoms with Crippen LogP contribution in [0.25, 0.3) is 0 Å². The molecule has 0 amide bonds. The van der Waals surface area contributed by atoms with Crippen LogP contribution in [0.4, 0.5) is 80.3 Å². The zero-order valence-corrected chi connectivity index (χ0v) is 18.8. The Labute approximate surface area is 203 Å². The Morgan fingerprint density at radius 1 is 0.513 bits per heavy atom. The van der Waals surface area contributed by atoms with Gasteiger partial charge in [0.25, 0.3) is 10.1 Å². The minimum absolute atomic E-state index is 0.0234. The fourth-order valence-electron chi connectivity index (χ4n) is 2.23. The number of rotatable bonds is 10. The summed E-state index contributed by atoms with van der Waals surface area (Å²) in [7, 11) is -12.7. The van der Waals surface area contributed by atoms with Crippen molar-refractivity contribution in [3.05, 3.63) is 24.3 Å². The molecule has 0 spiro atoms. The van der Waals surface area contributed by atoms with Crippen molar-refractivity contribution >= 4 is 25.8 Å². The first-order valence-corrected chi connectivity index (χ1v) is 11.4. The van der Waals surface area contributed by atoms with Gasteiger partial charge in [-0.2, -0.15) is 91.5 Å². The van der Waals surface area contributed by atoms with Gasteiger partial charge in [0.2, 0.25) is 0 Å². The van der Waals surface area contributed by atoms with Crippen LogP contribution in [-0.2, 0) is 20.1 Å². The van der Waals surface area contributed by atoms with Crippen LogP contribution in [0.1, 0.15) is 0 Å². The highest BCUT2D eigenvalue weighted by Gasteiger charge is 2.96. The highest BCUT2D eigenvalue weighted by molar-refractivity contribution is 7.93. The van der Waals surface area contributed by atoms with E-state index in [1.54, 1.807) is 0 Å². The van der Waals surface area contributed by atoms with E-state index in [2.05, 4.69) is 0 Å². The molecular weight excluding hydrogens is 649 g/mol. The molecule has 0 aliphatic carbocycles. The second-order valence-corrected chi connectivity index (χ2v) is 10.2. The van der Waals surface area contributed by atoms with E-state index in [4.69, 9.17) is 4.55 Å². The molecule has 6 nitrogen and oxygen atoms in total. The van der Waals surface area contributed by atoms with Gasteiger partial charge in [-0.15, -0.1) is 0 Å². The van der Waals surface area contributed by atoms with Crippen molar-refractivity contribution in [2.45, 2.75) is 51.9 Å². The average molecular weight is 655 g/mol. The van der Waals surface area contributed by atoms with Gasteiger partial charge < -0.3 is 0 Å². The molecular formula is C14H6F17NO5S2. The van der Waals surface area contributed by atoms with E-state index >= 15 is 0 Å². The number of sulfonamides is 1. The minimum atomic E-state index is -8.96. The molecule has 1 rings (SSSR count). The number of hydrogen-bond donors (Lipinski definition) is 2. The Kier molecular flexibility index (Phi) is 8.10. The molecule has 1 aromatic carbocycles. The van der Waals surface area contributed by atoms with E-state index < -0.39 is 77.7 Å². The molecule has 0 saturated carbocycles. The molecule has 0 aliphatic heterocycles. The Hall–Kier alpha value is -2.31. The number of nitrogens with one attached hydrogen (secondary N) is 1. The van der Waals surface area contributed by atoms with Crippen molar-refractivity contribution in [3.63, 3.8) is 0 Å². The number of hydrogen-bond acceptors (Lipinski definition) is 4. The molecule has 0 aromatic heterocycles. The van der Waals surface area contributed by atoms with E-state index in [-0.39, 0.29) is 29.0 Å². The number of halogens is 17. The van der Waals surface area contributed by atoms with E-state index in [0.29, 0.717) is 0 Å². The third kappa shape index (κ3) is 4.93. The summed E-state index contributed by atoms with van der Waals surface area (Å²) < 4.78 is 279. The highest BCUT2D eigenvalue weighted by Crippen LogP contribution is 2.64. The molecule has 25 heteroatoms. The quantitative estimate of drug-likeness (QED) is 0.251. The fourth-order valence-corrected chi connectivity index (χ4v) is 3.75. The van der Waals surface area contributed by atoms with Gasteiger partial charge in [-0.3, -0.25) is 9.27 Å². The van der Waals surface area contributed by atoms with Crippen LogP contribution in [0.5, 0.6) is 0 Å². The maximum Gasteiger partial charge on any atom is 0.460 e. The van der Waals surface area contributed by atoms with Crippen LogP contribution in [0, 0.1) is 0 Å². The average Bonchev–Trinajstić information content (AvgIpc) is 2.71. The Morgan fingerprint density at radius 2 is 0.821 bits per heavy atom. The maximum absolute atomic E-state index is 14.0. The van der Waals surface area contributed by atoms with Gasteiger partial charge in [-0.1, -0.05) is 0 Å². The van der Waals surface area contributed by atoms with Crippen LogP contribution in [0.15, 0.2) is 29.2 Å². The van der Waals surface area contributed by atoms with Crippen molar-refractivity contribution in [2.75, 3.05) is 4.72 Å². The van der Waals surface area contributed by atoms with Gasteiger partial charge in [0.15, 0.2) is 0 Å². The lowest BCUT2D eigenvalue weighted by Gasteiger charge is -2.42. The summed E-state index contributed by atoms with van der Waals surface area (Å²) >= 11 is 0. The first-order chi connectivity index (χ1) is 16.7. The predicted octanol–water partition coefficient (Wildman–Crippen LogP) is 5.64. The summed E-state index contributed by atoms with van der Waals surface area (Å²) in [5, 5.41) is -7.79. The summed E-state index contributed by atoms with van der Waals surface area (Å²) in [6.07, 6.45) is -7.93. The van der Waals surface area contributed by atoms with E-state index in [1.165, 1.54) is 0 Å². The molecule has 0 atom stereocenters. The zero-order valence-electron chi connectivity index (χ0n) is 17.1. The van der Waals surface area contributed by atoms with E-state index in [1.807, 2.05) is 0 Å². The highest BCUT2D eigenvalue weighted by atomic mass is 32.2. The molecule has 0 fully saturated rings. The molecule has 0 saturated heterocycles. The third-order valence-corrected chi connectivity index (χ3v) is 6.74. The summed E-state index contributed by atoms with van der Waals surface area (Å²) in [6.45, 7) is 0. The summed E-state index contributed by atoms with van der Waals surface area (Å²) in [6, 6.07) is 0.316. The number of alkyl halides is 17. The van der Waals surface area contributed by atoms with Crippen molar-refractivity contribution in [2.24, 2.45) is 0 Å². The topological polar surface area (TPSA) is 101 Å². The predicted molar refractivity (Wildman–Crippen MR) is 89.5 cm³/mol. The van der Waals surface area contributed by atoms with Gasteiger partial charge in [-0.05, 0) is 24.3 Å². The lowest BCUT2D eigenvalue weighted by molar-refractivity contribution is -0.458. The van der Waals surface area contributed by atoms with Crippen LogP contribution in [-0.4, -0.2) is 68.4 Å².